The van der Waals surface area contributed by atoms with Gasteiger partial charge in [-0.15, -0.1) is 0 Å². The molecule has 3 aliphatic carbocycles. The average Bonchev–Trinajstić information content (AvgIpc) is 3.90. The van der Waals surface area contributed by atoms with E-state index in [0.29, 0.717) is 44.1 Å². The Labute approximate surface area is 253 Å². The first-order chi connectivity index (χ1) is 20.6. The Balaban J connectivity index is 1.13. The zero-order valence-electron chi connectivity index (χ0n) is 25.4. The number of allylic oxidation sites excluding steroid dienone is 1. The number of likely N-dealkylation sites (tertiary alicyclic amines) is 1. The molecule has 0 aromatic heterocycles. The highest BCUT2D eigenvalue weighted by atomic mass is 19.1. The fraction of sp³-hybridized carbons (Fsp3) is 0.636. The molecule has 1 spiro atoms. The van der Waals surface area contributed by atoms with Crippen molar-refractivity contribution in [2.75, 3.05) is 50.8 Å². The standard InChI is InChI=1S/C33H44FN5O4/c1-20-21(2)27(7-6-25(20)34)38-13-14-39(33(19-38)9-10-33)29(42)17-36-26-16-23-15-24(23)30(26)31(35)32(43)37-11-4-3-5-22(8-12-37)28(41)18-40/h6-7,22-24,40H,3-5,8-19,35H2,1-2H3/t22?,23-,24-/m1/s1. The fourth-order valence-corrected chi connectivity index (χ4v) is 7.61. The van der Waals surface area contributed by atoms with E-state index in [9.17, 15) is 23.9 Å². The van der Waals surface area contributed by atoms with Gasteiger partial charge >= 0.3 is 0 Å². The number of hydrogen-bond donors (Lipinski definition) is 2. The number of benzene rings is 1. The molecule has 6 rings (SSSR count). The predicted molar refractivity (Wildman–Crippen MR) is 162 cm³/mol. The van der Waals surface area contributed by atoms with Crippen molar-refractivity contribution in [3.8, 4) is 0 Å². The number of nitrogens with zero attached hydrogens (tertiary/aromatic N) is 4. The molecule has 2 amide bonds. The number of carbonyl (C=O) groups is 3. The summed E-state index contributed by atoms with van der Waals surface area (Å²) in [6.07, 6.45) is 6.53. The van der Waals surface area contributed by atoms with Crippen LogP contribution in [-0.2, 0) is 14.4 Å². The molecule has 2 aliphatic heterocycles. The van der Waals surface area contributed by atoms with Gasteiger partial charge in [-0.25, -0.2) is 4.39 Å². The van der Waals surface area contributed by atoms with Gasteiger partial charge in [0, 0.05) is 55.6 Å². The van der Waals surface area contributed by atoms with Crippen LogP contribution >= 0.6 is 0 Å². The number of aliphatic imine (C=N–C) groups is 1. The smallest absolute Gasteiger partial charge is 0.270 e. The van der Waals surface area contributed by atoms with Crippen LogP contribution in [0.2, 0.25) is 0 Å². The second kappa shape index (κ2) is 11.7. The van der Waals surface area contributed by atoms with Crippen molar-refractivity contribution in [2.24, 2.45) is 28.5 Å². The summed E-state index contributed by atoms with van der Waals surface area (Å²) in [7, 11) is 0. The summed E-state index contributed by atoms with van der Waals surface area (Å²) in [6.45, 7) is 6.40. The third-order valence-electron chi connectivity index (χ3n) is 10.7. The average molecular weight is 594 g/mol. The molecule has 1 aromatic carbocycles. The van der Waals surface area contributed by atoms with Crippen LogP contribution in [0.4, 0.5) is 10.1 Å². The maximum Gasteiger partial charge on any atom is 0.270 e. The topological polar surface area (TPSA) is 120 Å². The van der Waals surface area contributed by atoms with Gasteiger partial charge in [-0.2, -0.15) is 0 Å². The van der Waals surface area contributed by atoms with E-state index in [1.807, 2.05) is 24.8 Å². The van der Waals surface area contributed by atoms with Gasteiger partial charge in [0.05, 0.1) is 5.54 Å². The lowest BCUT2D eigenvalue weighted by molar-refractivity contribution is -0.133. The SMILES string of the molecule is Cc1c(F)ccc(N2CCN(C(=O)CN=C3C[C@H]4C[C@H]4C3=C(N)C(=O)N3CCCCC(C(=O)CO)CC3)C3(CC3)C2)c1C. The summed E-state index contributed by atoms with van der Waals surface area (Å²) in [5, 5.41) is 9.30. The highest BCUT2D eigenvalue weighted by Gasteiger charge is 2.54. The van der Waals surface area contributed by atoms with Crippen molar-refractivity contribution in [1.29, 1.82) is 0 Å². The van der Waals surface area contributed by atoms with Gasteiger partial charge < -0.3 is 25.5 Å². The molecule has 43 heavy (non-hydrogen) atoms. The molecule has 0 bridgehead atoms. The van der Waals surface area contributed by atoms with Gasteiger partial charge in [-0.1, -0.05) is 6.42 Å². The van der Waals surface area contributed by atoms with Crippen LogP contribution in [0.15, 0.2) is 28.4 Å². The first kappa shape index (κ1) is 29.8. The zero-order valence-corrected chi connectivity index (χ0v) is 25.4. The quantitative estimate of drug-likeness (QED) is 0.490. The number of aliphatic hydroxyl groups is 1. The predicted octanol–water partition coefficient (Wildman–Crippen LogP) is 2.90. The van der Waals surface area contributed by atoms with Gasteiger partial charge in [0.1, 0.15) is 24.7 Å². The number of Topliss-reactive ketones (excluding diaryl/α,β-unsaturated/α-hetero) is 1. The van der Waals surface area contributed by atoms with Gasteiger partial charge in [0.2, 0.25) is 5.91 Å². The largest absolute Gasteiger partial charge is 0.394 e. The minimum Gasteiger partial charge on any atom is -0.394 e. The number of anilines is 1. The Morgan fingerprint density at radius 1 is 1.07 bits per heavy atom. The Kier molecular flexibility index (Phi) is 8.08. The molecule has 9 nitrogen and oxygen atoms in total. The van der Waals surface area contributed by atoms with Crippen LogP contribution in [-0.4, -0.2) is 89.6 Å². The number of carbonyl (C=O) groups excluding carboxylic acids is 3. The zero-order chi connectivity index (χ0) is 30.5. The summed E-state index contributed by atoms with van der Waals surface area (Å²) in [4.78, 5) is 50.0. The molecule has 232 valence electrons. The number of hydrogen-bond acceptors (Lipinski definition) is 7. The van der Waals surface area contributed by atoms with Crippen LogP contribution in [0.25, 0.3) is 0 Å². The first-order valence-electron chi connectivity index (χ1n) is 15.9. The van der Waals surface area contributed by atoms with Crippen LogP contribution in [0.3, 0.4) is 0 Å². The van der Waals surface area contributed by atoms with E-state index in [0.717, 1.165) is 74.0 Å². The van der Waals surface area contributed by atoms with Gasteiger partial charge in [-0.3, -0.25) is 19.4 Å². The molecular weight excluding hydrogens is 549 g/mol. The van der Waals surface area contributed by atoms with E-state index in [1.165, 1.54) is 6.07 Å². The van der Waals surface area contributed by atoms with Crippen molar-refractivity contribution in [1.82, 2.24) is 9.80 Å². The lowest BCUT2D eigenvalue weighted by Gasteiger charge is -2.43. The Bertz CT molecular complexity index is 1390. The van der Waals surface area contributed by atoms with Crippen molar-refractivity contribution < 1.29 is 23.9 Å². The fourth-order valence-electron chi connectivity index (χ4n) is 7.61. The molecular formula is C33H44FN5O4. The molecule has 1 unspecified atom stereocenters. The highest BCUT2D eigenvalue weighted by Crippen LogP contribution is 2.54. The van der Waals surface area contributed by atoms with Gasteiger partial charge in [0.15, 0.2) is 5.78 Å². The minimum atomic E-state index is -0.461. The number of rotatable bonds is 6. The summed E-state index contributed by atoms with van der Waals surface area (Å²) in [5.74, 6) is -0.112. The molecule has 5 fully saturated rings. The highest BCUT2D eigenvalue weighted by molar-refractivity contribution is 6.11. The monoisotopic (exact) mass is 593 g/mol. The summed E-state index contributed by atoms with van der Waals surface area (Å²) < 4.78 is 14.1. The molecule has 10 heteroatoms. The minimum absolute atomic E-state index is 0.00448. The maximum atomic E-state index is 14.1. The van der Waals surface area contributed by atoms with E-state index in [-0.39, 0.29) is 53.0 Å². The maximum absolute atomic E-state index is 14.1. The summed E-state index contributed by atoms with van der Waals surface area (Å²) in [6, 6.07) is 3.38. The number of ketones is 1. The van der Waals surface area contributed by atoms with Crippen LogP contribution in [0, 0.1) is 37.4 Å². The Hall–Kier alpha value is -3.27. The Morgan fingerprint density at radius 2 is 1.86 bits per heavy atom. The van der Waals surface area contributed by atoms with E-state index in [1.54, 1.807) is 4.90 Å². The first-order valence-corrected chi connectivity index (χ1v) is 15.9. The normalized spacial score (nSPS) is 28.4. The van der Waals surface area contributed by atoms with Gasteiger partial charge in [-0.05, 0) is 93.9 Å². The molecule has 3 N–H and O–H groups in total. The van der Waals surface area contributed by atoms with Gasteiger partial charge in [0.25, 0.3) is 5.91 Å². The molecule has 1 aromatic rings. The van der Waals surface area contributed by atoms with Crippen molar-refractivity contribution >= 4 is 29.0 Å². The number of nitrogens with two attached hydrogens (primary N) is 1. The number of piperazine rings is 1. The second-order valence-electron chi connectivity index (χ2n) is 13.3. The number of amides is 2. The summed E-state index contributed by atoms with van der Waals surface area (Å²) in [5.41, 5.74) is 10.9. The molecule has 2 saturated heterocycles. The summed E-state index contributed by atoms with van der Waals surface area (Å²) >= 11 is 0. The van der Waals surface area contributed by atoms with Crippen LogP contribution < -0.4 is 10.6 Å². The third-order valence-corrected chi connectivity index (χ3v) is 10.7. The lowest BCUT2D eigenvalue weighted by atomic mass is 9.92. The number of aliphatic hydroxyl groups excluding tert-OH is 1. The molecule has 3 atom stereocenters. The molecule has 5 aliphatic rings. The Morgan fingerprint density at radius 3 is 2.60 bits per heavy atom. The van der Waals surface area contributed by atoms with Crippen LogP contribution in [0.5, 0.6) is 0 Å². The van der Waals surface area contributed by atoms with E-state index < -0.39 is 6.61 Å². The van der Waals surface area contributed by atoms with Crippen molar-refractivity contribution in [2.45, 2.75) is 70.8 Å². The van der Waals surface area contributed by atoms with Crippen molar-refractivity contribution in [3.63, 3.8) is 0 Å². The van der Waals surface area contributed by atoms with E-state index in [4.69, 9.17) is 10.7 Å². The van der Waals surface area contributed by atoms with Crippen molar-refractivity contribution in [3.05, 3.63) is 40.3 Å². The molecule has 3 saturated carbocycles. The molecule has 2 heterocycles. The van der Waals surface area contributed by atoms with Crippen LogP contribution in [0.1, 0.15) is 62.5 Å². The second-order valence-corrected chi connectivity index (χ2v) is 13.3. The number of halogens is 1. The van der Waals surface area contributed by atoms with E-state index in [2.05, 4.69) is 4.90 Å². The lowest BCUT2D eigenvalue weighted by Crippen LogP contribution is -2.57. The molecule has 0 radical (unpaired) electrons. The third kappa shape index (κ3) is 5.70. The van der Waals surface area contributed by atoms with E-state index >= 15 is 0 Å². The number of fused-ring (bicyclic) bond motifs is 1.